The van der Waals surface area contributed by atoms with Crippen LogP contribution < -0.4 is 0 Å². The Bertz CT molecular complexity index is 486. The minimum atomic E-state index is -0.00668. The maximum absolute atomic E-state index is 11.2. The SMILES string of the molecule is CC(=O)c1cc(-c2ccccc2)n(C)n1. The van der Waals surface area contributed by atoms with Gasteiger partial charge >= 0.3 is 0 Å². The predicted octanol–water partition coefficient (Wildman–Crippen LogP) is 2.29. The highest BCUT2D eigenvalue weighted by Gasteiger charge is 2.09. The molecule has 2 aromatic rings. The highest BCUT2D eigenvalue weighted by atomic mass is 16.1. The Kier molecular flexibility index (Phi) is 2.37. The number of aromatic nitrogens is 2. The summed E-state index contributed by atoms with van der Waals surface area (Å²) in [6.45, 7) is 1.52. The second-order valence-electron chi connectivity index (χ2n) is 3.46. The Morgan fingerprint density at radius 2 is 1.93 bits per heavy atom. The van der Waals surface area contributed by atoms with Crippen LogP contribution in [0.15, 0.2) is 36.4 Å². The number of carbonyl (C=O) groups is 1. The Balaban J connectivity index is 2.50. The van der Waals surface area contributed by atoms with Crippen LogP contribution in [0.1, 0.15) is 17.4 Å². The van der Waals surface area contributed by atoms with Crippen LogP contribution >= 0.6 is 0 Å². The summed E-state index contributed by atoms with van der Waals surface area (Å²) in [5.74, 6) is -0.00668. The lowest BCUT2D eigenvalue weighted by molar-refractivity contribution is 0.101. The first-order chi connectivity index (χ1) is 7.18. The molecule has 3 heteroatoms. The molecule has 0 amide bonds. The van der Waals surface area contributed by atoms with Gasteiger partial charge in [0.25, 0.3) is 0 Å². The Hall–Kier alpha value is -1.90. The molecular weight excluding hydrogens is 188 g/mol. The quantitative estimate of drug-likeness (QED) is 0.697. The third kappa shape index (κ3) is 1.81. The van der Waals surface area contributed by atoms with Crippen molar-refractivity contribution in [3.05, 3.63) is 42.1 Å². The topological polar surface area (TPSA) is 34.9 Å². The molecule has 76 valence electrons. The fourth-order valence-corrected chi connectivity index (χ4v) is 1.52. The third-order valence-electron chi connectivity index (χ3n) is 2.31. The molecule has 0 unspecified atom stereocenters. The van der Waals surface area contributed by atoms with Gasteiger partial charge in [0.2, 0.25) is 0 Å². The molecule has 0 N–H and O–H groups in total. The van der Waals surface area contributed by atoms with Gasteiger partial charge < -0.3 is 0 Å². The van der Waals surface area contributed by atoms with E-state index in [-0.39, 0.29) is 5.78 Å². The van der Waals surface area contributed by atoms with Crippen molar-refractivity contribution >= 4 is 5.78 Å². The van der Waals surface area contributed by atoms with Gasteiger partial charge in [-0.25, -0.2) is 0 Å². The number of hydrogen-bond donors (Lipinski definition) is 0. The summed E-state index contributed by atoms with van der Waals surface area (Å²) < 4.78 is 1.73. The second-order valence-corrected chi connectivity index (χ2v) is 3.46. The van der Waals surface area contributed by atoms with Gasteiger partial charge in [-0.1, -0.05) is 30.3 Å². The van der Waals surface area contributed by atoms with Gasteiger partial charge in [-0.05, 0) is 11.6 Å². The summed E-state index contributed by atoms with van der Waals surface area (Å²) in [6, 6.07) is 11.7. The number of hydrogen-bond acceptors (Lipinski definition) is 2. The van der Waals surface area contributed by atoms with Crippen molar-refractivity contribution < 1.29 is 4.79 Å². The zero-order valence-corrected chi connectivity index (χ0v) is 8.77. The molecule has 1 aromatic heterocycles. The third-order valence-corrected chi connectivity index (χ3v) is 2.31. The van der Waals surface area contributed by atoms with Crippen molar-refractivity contribution in [2.24, 2.45) is 7.05 Å². The summed E-state index contributed by atoms with van der Waals surface area (Å²) in [5, 5.41) is 4.15. The molecule has 0 saturated carbocycles. The van der Waals surface area contributed by atoms with Gasteiger partial charge in [-0.15, -0.1) is 0 Å². The molecule has 0 aliphatic rings. The number of aryl methyl sites for hydroxylation is 1. The summed E-state index contributed by atoms with van der Waals surface area (Å²) in [5.41, 5.74) is 2.54. The molecular formula is C12H12N2O. The van der Waals surface area contributed by atoms with Crippen molar-refractivity contribution in [2.75, 3.05) is 0 Å². The number of carbonyl (C=O) groups excluding carboxylic acids is 1. The van der Waals surface area contributed by atoms with Gasteiger partial charge in [0.1, 0.15) is 5.69 Å². The van der Waals surface area contributed by atoms with E-state index in [1.54, 1.807) is 4.68 Å². The summed E-state index contributed by atoms with van der Waals surface area (Å²) in [4.78, 5) is 11.2. The normalized spacial score (nSPS) is 10.3. The van der Waals surface area contributed by atoms with Crippen LogP contribution in [0.2, 0.25) is 0 Å². The minimum Gasteiger partial charge on any atom is -0.293 e. The minimum absolute atomic E-state index is 0.00668. The zero-order valence-electron chi connectivity index (χ0n) is 8.77. The molecule has 0 bridgehead atoms. The van der Waals surface area contributed by atoms with Crippen LogP contribution in [0.3, 0.4) is 0 Å². The first-order valence-electron chi connectivity index (χ1n) is 4.79. The predicted molar refractivity (Wildman–Crippen MR) is 58.6 cm³/mol. The molecule has 0 aliphatic carbocycles. The van der Waals surface area contributed by atoms with Crippen molar-refractivity contribution in [3.8, 4) is 11.3 Å². The monoisotopic (exact) mass is 200 g/mol. The molecule has 0 radical (unpaired) electrons. The molecule has 1 aromatic carbocycles. The average Bonchev–Trinajstić information content (AvgIpc) is 2.62. The molecule has 0 aliphatic heterocycles. The number of nitrogens with zero attached hydrogens (tertiary/aromatic N) is 2. The van der Waals surface area contributed by atoms with E-state index < -0.39 is 0 Å². The van der Waals surface area contributed by atoms with Gasteiger partial charge in [-0.2, -0.15) is 5.10 Å². The molecule has 0 fully saturated rings. The summed E-state index contributed by atoms with van der Waals surface area (Å²) in [7, 11) is 1.84. The second kappa shape index (κ2) is 3.69. The van der Waals surface area contributed by atoms with E-state index in [2.05, 4.69) is 5.10 Å². The van der Waals surface area contributed by atoms with E-state index in [1.165, 1.54) is 6.92 Å². The van der Waals surface area contributed by atoms with Gasteiger partial charge in [0, 0.05) is 14.0 Å². The first-order valence-corrected chi connectivity index (χ1v) is 4.79. The van der Waals surface area contributed by atoms with Crippen LogP contribution in [0.5, 0.6) is 0 Å². The smallest absolute Gasteiger partial charge is 0.180 e. The van der Waals surface area contributed by atoms with Crippen LogP contribution in [-0.2, 0) is 7.05 Å². The molecule has 2 rings (SSSR count). The van der Waals surface area contributed by atoms with Crippen LogP contribution in [-0.4, -0.2) is 15.6 Å². The van der Waals surface area contributed by atoms with Gasteiger partial charge in [-0.3, -0.25) is 9.48 Å². The maximum Gasteiger partial charge on any atom is 0.180 e. The van der Waals surface area contributed by atoms with Crippen LogP contribution in [0, 0.1) is 0 Å². The molecule has 0 saturated heterocycles. The Morgan fingerprint density at radius 1 is 1.27 bits per heavy atom. The Morgan fingerprint density at radius 3 is 2.47 bits per heavy atom. The van der Waals surface area contributed by atoms with Crippen LogP contribution in [0.25, 0.3) is 11.3 Å². The van der Waals surface area contributed by atoms with E-state index in [1.807, 2.05) is 43.4 Å². The first kappa shape index (κ1) is 9.65. The molecule has 0 spiro atoms. The van der Waals surface area contributed by atoms with Crippen molar-refractivity contribution in [3.63, 3.8) is 0 Å². The van der Waals surface area contributed by atoms with E-state index in [9.17, 15) is 4.79 Å². The Labute approximate surface area is 88.4 Å². The van der Waals surface area contributed by atoms with E-state index >= 15 is 0 Å². The van der Waals surface area contributed by atoms with Gasteiger partial charge in [0.05, 0.1) is 5.69 Å². The largest absolute Gasteiger partial charge is 0.293 e. The summed E-state index contributed by atoms with van der Waals surface area (Å²) >= 11 is 0. The van der Waals surface area contributed by atoms with Crippen molar-refractivity contribution in [1.29, 1.82) is 0 Å². The standard InChI is InChI=1S/C12H12N2O/c1-9(15)11-8-12(14(2)13-11)10-6-4-3-5-7-10/h3-8H,1-2H3. The lowest BCUT2D eigenvalue weighted by Gasteiger charge is -1.99. The van der Waals surface area contributed by atoms with E-state index in [0.29, 0.717) is 5.69 Å². The van der Waals surface area contributed by atoms with Crippen LogP contribution in [0.4, 0.5) is 0 Å². The lowest BCUT2D eigenvalue weighted by atomic mass is 10.1. The number of Topliss-reactive ketones (excluding diaryl/α,β-unsaturated/α-hetero) is 1. The average molecular weight is 200 g/mol. The zero-order chi connectivity index (χ0) is 10.8. The molecule has 0 atom stereocenters. The van der Waals surface area contributed by atoms with E-state index in [0.717, 1.165) is 11.3 Å². The highest BCUT2D eigenvalue weighted by molar-refractivity contribution is 5.93. The molecule has 1 heterocycles. The highest BCUT2D eigenvalue weighted by Crippen LogP contribution is 2.19. The summed E-state index contributed by atoms with van der Waals surface area (Å²) in [6.07, 6.45) is 0. The number of benzene rings is 1. The van der Waals surface area contributed by atoms with Crippen molar-refractivity contribution in [2.45, 2.75) is 6.92 Å². The maximum atomic E-state index is 11.2. The molecule has 3 nitrogen and oxygen atoms in total. The lowest BCUT2D eigenvalue weighted by Crippen LogP contribution is -1.96. The van der Waals surface area contributed by atoms with Crippen molar-refractivity contribution in [1.82, 2.24) is 9.78 Å². The van der Waals surface area contributed by atoms with Gasteiger partial charge in [0.15, 0.2) is 5.78 Å². The fourth-order valence-electron chi connectivity index (χ4n) is 1.52. The number of rotatable bonds is 2. The number of ketones is 1. The fraction of sp³-hybridized carbons (Fsp3) is 0.167. The van der Waals surface area contributed by atoms with E-state index in [4.69, 9.17) is 0 Å². The molecule has 15 heavy (non-hydrogen) atoms.